The molecule has 0 bridgehead atoms. The van der Waals surface area contributed by atoms with Crippen LogP contribution in [0.5, 0.6) is 0 Å². The fourth-order valence-corrected chi connectivity index (χ4v) is 2.19. The highest BCUT2D eigenvalue weighted by Crippen LogP contribution is 2.16. The van der Waals surface area contributed by atoms with Crippen LogP contribution in [0, 0.1) is 12.8 Å². The summed E-state index contributed by atoms with van der Waals surface area (Å²) < 4.78 is 5.38. The predicted octanol–water partition coefficient (Wildman–Crippen LogP) is 2.86. The minimum atomic E-state index is 0.0885. The Morgan fingerprint density at radius 1 is 1.53 bits per heavy atom. The summed E-state index contributed by atoms with van der Waals surface area (Å²) in [7, 11) is 0. The average molecular weight is 233 g/mol. The SMILES string of the molecule is Cc1ccc(/C=C/C(=O)N2CCCC(C)C2)o1. The summed E-state index contributed by atoms with van der Waals surface area (Å²) in [5.41, 5.74) is 0. The van der Waals surface area contributed by atoms with E-state index < -0.39 is 0 Å². The number of piperidine rings is 1. The predicted molar refractivity (Wildman–Crippen MR) is 67.5 cm³/mol. The summed E-state index contributed by atoms with van der Waals surface area (Å²) in [4.78, 5) is 13.8. The molecule has 17 heavy (non-hydrogen) atoms. The zero-order valence-corrected chi connectivity index (χ0v) is 10.5. The van der Waals surface area contributed by atoms with Gasteiger partial charge in [0.05, 0.1) is 0 Å². The number of aryl methyl sites for hydroxylation is 1. The van der Waals surface area contributed by atoms with E-state index in [1.165, 1.54) is 6.42 Å². The molecule has 0 radical (unpaired) electrons. The van der Waals surface area contributed by atoms with Gasteiger partial charge in [-0.05, 0) is 43.9 Å². The number of likely N-dealkylation sites (tertiary alicyclic amines) is 1. The van der Waals surface area contributed by atoms with E-state index >= 15 is 0 Å². The second kappa shape index (κ2) is 5.21. The molecule has 1 atom stereocenters. The number of hydrogen-bond acceptors (Lipinski definition) is 2. The normalized spacial score (nSPS) is 21.1. The van der Waals surface area contributed by atoms with Crippen LogP contribution >= 0.6 is 0 Å². The number of hydrogen-bond donors (Lipinski definition) is 0. The van der Waals surface area contributed by atoms with Gasteiger partial charge < -0.3 is 9.32 Å². The fraction of sp³-hybridized carbons (Fsp3) is 0.500. The van der Waals surface area contributed by atoms with Crippen LogP contribution in [0.2, 0.25) is 0 Å². The van der Waals surface area contributed by atoms with E-state index in [0.717, 1.165) is 31.0 Å². The van der Waals surface area contributed by atoms with Crippen molar-refractivity contribution in [2.24, 2.45) is 5.92 Å². The van der Waals surface area contributed by atoms with Crippen LogP contribution < -0.4 is 0 Å². The summed E-state index contributed by atoms with van der Waals surface area (Å²) in [6, 6.07) is 3.77. The minimum Gasteiger partial charge on any atom is -0.462 e. The van der Waals surface area contributed by atoms with Gasteiger partial charge in [0.2, 0.25) is 5.91 Å². The first-order valence-corrected chi connectivity index (χ1v) is 6.18. The highest BCUT2D eigenvalue weighted by atomic mass is 16.3. The lowest BCUT2D eigenvalue weighted by Crippen LogP contribution is -2.38. The van der Waals surface area contributed by atoms with Crippen molar-refractivity contribution in [2.45, 2.75) is 26.7 Å². The lowest BCUT2D eigenvalue weighted by Gasteiger charge is -2.29. The van der Waals surface area contributed by atoms with Crippen molar-refractivity contribution >= 4 is 12.0 Å². The van der Waals surface area contributed by atoms with E-state index in [0.29, 0.717) is 5.92 Å². The van der Waals surface area contributed by atoms with Crippen molar-refractivity contribution in [1.82, 2.24) is 4.90 Å². The Hall–Kier alpha value is -1.51. The van der Waals surface area contributed by atoms with Gasteiger partial charge in [0.1, 0.15) is 11.5 Å². The zero-order chi connectivity index (χ0) is 12.3. The van der Waals surface area contributed by atoms with Crippen molar-refractivity contribution in [2.75, 3.05) is 13.1 Å². The van der Waals surface area contributed by atoms with Crippen LogP contribution in [0.3, 0.4) is 0 Å². The van der Waals surface area contributed by atoms with Crippen molar-refractivity contribution < 1.29 is 9.21 Å². The minimum absolute atomic E-state index is 0.0885. The molecule has 0 saturated carbocycles. The Balaban J connectivity index is 1.94. The van der Waals surface area contributed by atoms with Gasteiger partial charge in [0, 0.05) is 19.2 Å². The Kier molecular flexibility index (Phi) is 3.67. The van der Waals surface area contributed by atoms with E-state index in [9.17, 15) is 4.79 Å². The van der Waals surface area contributed by atoms with E-state index in [2.05, 4.69) is 6.92 Å². The molecular formula is C14H19NO2. The summed E-state index contributed by atoms with van der Waals surface area (Å²) in [6.07, 6.45) is 5.69. The molecule has 1 aliphatic rings. The van der Waals surface area contributed by atoms with Crippen molar-refractivity contribution in [3.05, 3.63) is 29.7 Å². The topological polar surface area (TPSA) is 33.5 Å². The first-order chi connectivity index (χ1) is 8.15. The monoisotopic (exact) mass is 233 g/mol. The molecule has 0 aromatic carbocycles. The van der Waals surface area contributed by atoms with Crippen LogP contribution in [0.4, 0.5) is 0 Å². The molecule has 0 spiro atoms. The lowest BCUT2D eigenvalue weighted by atomic mass is 10.0. The molecule has 92 valence electrons. The van der Waals surface area contributed by atoms with Crippen molar-refractivity contribution in [3.63, 3.8) is 0 Å². The van der Waals surface area contributed by atoms with Crippen LogP contribution in [-0.2, 0) is 4.79 Å². The van der Waals surface area contributed by atoms with E-state index in [1.807, 2.05) is 24.0 Å². The third-order valence-electron chi connectivity index (χ3n) is 3.12. The van der Waals surface area contributed by atoms with Gasteiger partial charge in [-0.2, -0.15) is 0 Å². The first kappa shape index (κ1) is 12.0. The molecular weight excluding hydrogens is 214 g/mol. The quantitative estimate of drug-likeness (QED) is 0.736. The van der Waals surface area contributed by atoms with Gasteiger partial charge in [-0.3, -0.25) is 4.79 Å². The highest BCUT2D eigenvalue weighted by molar-refractivity contribution is 5.91. The Morgan fingerprint density at radius 2 is 2.35 bits per heavy atom. The number of amides is 1. The molecule has 3 nitrogen and oxygen atoms in total. The Bertz CT molecular complexity index is 420. The van der Waals surface area contributed by atoms with Crippen molar-refractivity contribution in [3.8, 4) is 0 Å². The van der Waals surface area contributed by atoms with Crippen LogP contribution in [-0.4, -0.2) is 23.9 Å². The van der Waals surface area contributed by atoms with Crippen LogP contribution in [0.1, 0.15) is 31.3 Å². The van der Waals surface area contributed by atoms with Gasteiger partial charge in [-0.1, -0.05) is 6.92 Å². The lowest BCUT2D eigenvalue weighted by molar-refractivity contribution is -0.127. The number of furan rings is 1. The number of nitrogens with zero attached hydrogens (tertiary/aromatic N) is 1. The van der Waals surface area contributed by atoms with Gasteiger partial charge >= 0.3 is 0 Å². The molecule has 1 saturated heterocycles. The van der Waals surface area contributed by atoms with E-state index in [-0.39, 0.29) is 5.91 Å². The molecule has 1 aromatic rings. The smallest absolute Gasteiger partial charge is 0.246 e. The molecule has 1 unspecified atom stereocenters. The molecule has 0 aliphatic carbocycles. The fourth-order valence-electron chi connectivity index (χ4n) is 2.19. The standard InChI is InChI=1S/C14H19NO2/c1-11-4-3-9-15(10-11)14(16)8-7-13-6-5-12(2)17-13/h5-8,11H,3-4,9-10H2,1-2H3/b8-7+. The molecule has 1 aliphatic heterocycles. The molecule has 2 heterocycles. The summed E-state index contributed by atoms with van der Waals surface area (Å²) in [5, 5.41) is 0. The largest absolute Gasteiger partial charge is 0.462 e. The third-order valence-corrected chi connectivity index (χ3v) is 3.12. The Labute approximate surface area is 102 Å². The Morgan fingerprint density at radius 3 is 3.00 bits per heavy atom. The van der Waals surface area contributed by atoms with Crippen LogP contribution in [0.15, 0.2) is 22.6 Å². The van der Waals surface area contributed by atoms with Gasteiger partial charge in [0.15, 0.2) is 0 Å². The molecule has 3 heteroatoms. The van der Waals surface area contributed by atoms with Gasteiger partial charge in [0.25, 0.3) is 0 Å². The molecule has 1 amide bonds. The van der Waals surface area contributed by atoms with E-state index in [4.69, 9.17) is 4.42 Å². The van der Waals surface area contributed by atoms with E-state index in [1.54, 1.807) is 12.2 Å². The maximum absolute atomic E-state index is 11.9. The molecule has 1 aromatic heterocycles. The van der Waals surface area contributed by atoms with Crippen LogP contribution in [0.25, 0.3) is 6.08 Å². The van der Waals surface area contributed by atoms with Gasteiger partial charge in [-0.25, -0.2) is 0 Å². The molecule has 1 fully saturated rings. The second-order valence-corrected chi connectivity index (χ2v) is 4.81. The summed E-state index contributed by atoms with van der Waals surface area (Å²) in [6.45, 7) is 5.84. The maximum Gasteiger partial charge on any atom is 0.246 e. The summed E-state index contributed by atoms with van der Waals surface area (Å²) in [5.74, 6) is 2.31. The highest BCUT2D eigenvalue weighted by Gasteiger charge is 2.18. The second-order valence-electron chi connectivity index (χ2n) is 4.81. The molecule has 0 N–H and O–H groups in total. The van der Waals surface area contributed by atoms with Gasteiger partial charge in [-0.15, -0.1) is 0 Å². The number of carbonyl (C=O) groups excluding carboxylic acids is 1. The number of rotatable bonds is 2. The number of carbonyl (C=O) groups is 1. The molecule has 2 rings (SSSR count). The zero-order valence-electron chi connectivity index (χ0n) is 10.5. The third kappa shape index (κ3) is 3.22. The maximum atomic E-state index is 11.9. The average Bonchev–Trinajstić information content (AvgIpc) is 2.72. The summed E-state index contributed by atoms with van der Waals surface area (Å²) >= 11 is 0. The van der Waals surface area contributed by atoms with Crippen molar-refractivity contribution in [1.29, 1.82) is 0 Å². The first-order valence-electron chi connectivity index (χ1n) is 6.18.